The minimum Gasteiger partial charge on any atom is -0.465 e. The summed E-state index contributed by atoms with van der Waals surface area (Å²) in [5, 5.41) is 4.63. The molecule has 0 spiro atoms. The van der Waals surface area contributed by atoms with Crippen molar-refractivity contribution in [1.82, 2.24) is 14.6 Å². The Morgan fingerprint density at radius 3 is 2.56 bits per heavy atom. The fourth-order valence-corrected chi connectivity index (χ4v) is 4.61. The van der Waals surface area contributed by atoms with Crippen LogP contribution in [-0.4, -0.2) is 41.8 Å². The fraction of sp³-hybridized carbons (Fsp3) is 0.208. The number of rotatable bonds is 7. The van der Waals surface area contributed by atoms with Crippen LogP contribution in [0.2, 0.25) is 5.02 Å². The molecule has 1 atom stereocenters. The Morgan fingerprint density at radius 2 is 1.91 bits per heavy atom. The molecule has 10 heteroatoms. The number of halogens is 2. The molecule has 2 aromatic heterocycles. The smallest absolute Gasteiger partial charge is 0.315 e. The number of sulfone groups is 1. The van der Waals surface area contributed by atoms with Gasteiger partial charge in [-0.25, -0.2) is 22.3 Å². The lowest BCUT2D eigenvalue weighted by Crippen LogP contribution is -2.22. The standard InChI is InChI=1S/C24H21ClFN3O4S/c1-3-33-24(30)18(13-17-20(25)5-4-6-21(17)26)22-11-12-27-23-19(14-28-29(22)23)15-7-9-16(10-8-15)34(2,31)32/h4-12,14,18H,3,13H2,1-2H3. The zero-order valence-electron chi connectivity index (χ0n) is 18.4. The minimum atomic E-state index is -3.33. The molecule has 0 saturated carbocycles. The van der Waals surface area contributed by atoms with E-state index in [1.165, 1.54) is 35.0 Å². The molecule has 1 unspecified atom stereocenters. The number of ether oxygens (including phenoxy) is 1. The van der Waals surface area contributed by atoms with Crippen molar-refractivity contribution in [2.45, 2.75) is 24.2 Å². The lowest BCUT2D eigenvalue weighted by atomic mass is 9.95. The van der Waals surface area contributed by atoms with Gasteiger partial charge in [-0.15, -0.1) is 0 Å². The molecule has 4 rings (SSSR count). The van der Waals surface area contributed by atoms with Crippen LogP contribution in [0.4, 0.5) is 4.39 Å². The van der Waals surface area contributed by atoms with Crippen molar-refractivity contribution in [3.63, 3.8) is 0 Å². The van der Waals surface area contributed by atoms with Crippen molar-refractivity contribution in [3.8, 4) is 11.1 Å². The third-order valence-electron chi connectivity index (χ3n) is 5.42. The molecule has 0 amide bonds. The highest BCUT2D eigenvalue weighted by atomic mass is 35.5. The molecule has 7 nitrogen and oxygen atoms in total. The molecule has 0 N–H and O–H groups in total. The Hall–Kier alpha value is -3.30. The monoisotopic (exact) mass is 501 g/mol. The average molecular weight is 502 g/mol. The number of carbonyl (C=O) groups is 1. The first-order valence-corrected chi connectivity index (χ1v) is 12.7. The first kappa shape index (κ1) is 23.8. The number of nitrogens with zero attached hydrogens (tertiary/aromatic N) is 3. The van der Waals surface area contributed by atoms with Gasteiger partial charge in [-0.3, -0.25) is 4.79 Å². The van der Waals surface area contributed by atoms with Gasteiger partial charge in [0.15, 0.2) is 15.5 Å². The first-order valence-electron chi connectivity index (χ1n) is 10.4. The van der Waals surface area contributed by atoms with Crippen molar-refractivity contribution < 1.29 is 22.3 Å². The van der Waals surface area contributed by atoms with Gasteiger partial charge in [-0.05, 0) is 49.2 Å². The summed E-state index contributed by atoms with van der Waals surface area (Å²) >= 11 is 6.22. The molecule has 2 aromatic carbocycles. The fourth-order valence-electron chi connectivity index (χ4n) is 3.74. The summed E-state index contributed by atoms with van der Waals surface area (Å²) in [5.74, 6) is -1.94. The van der Waals surface area contributed by atoms with E-state index >= 15 is 0 Å². The lowest BCUT2D eigenvalue weighted by molar-refractivity contribution is -0.145. The molecule has 0 aliphatic heterocycles. The highest BCUT2D eigenvalue weighted by Gasteiger charge is 2.28. The Balaban J connectivity index is 1.80. The molecule has 0 fully saturated rings. The van der Waals surface area contributed by atoms with E-state index in [1.54, 1.807) is 37.4 Å². The van der Waals surface area contributed by atoms with Crippen molar-refractivity contribution in [1.29, 1.82) is 0 Å². The summed E-state index contributed by atoms with van der Waals surface area (Å²) in [4.78, 5) is 17.5. The highest BCUT2D eigenvalue weighted by molar-refractivity contribution is 7.90. The largest absolute Gasteiger partial charge is 0.465 e. The highest BCUT2D eigenvalue weighted by Crippen LogP contribution is 2.31. The predicted molar refractivity (Wildman–Crippen MR) is 126 cm³/mol. The van der Waals surface area contributed by atoms with Gasteiger partial charge in [0.2, 0.25) is 0 Å². The van der Waals surface area contributed by atoms with Crippen LogP contribution in [0.1, 0.15) is 24.1 Å². The summed E-state index contributed by atoms with van der Waals surface area (Å²) in [6.07, 6.45) is 4.24. The number of fused-ring (bicyclic) bond motifs is 1. The predicted octanol–water partition coefficient (Wildman–Crippen LogP) is 4.48. The van der Waals surface area contributed by atoms with Crippen LogP contribution in [-0.2, 0) is 25.8 Å². The van der Waals surface area contributed by atoms with Crippen molar-refractivity contribution >= 4 is 33.1 Å². The zero-order valence-corrected chi connectivity index (χ0v) is 20.0. The van der Waals surface area contributed by atoms with Gasteiger partial charge < -0.3 is 4.74 Å². The molecule has 0 radical (unpaired) electrons. The molecule has 0 bridgehead atoms. The SMILES string of the molecule is CCOC(=O)C(Cc1c(F)cccc1Cl)c1ccnc2c(-c3ccc(S(C)(=O)=O)cc3)cnn12. The van der Waals surface area contributed by atoms with Gasteiger partial charge in [-0.2, -0.15) is 5.10 Å². The normalized spacial score (nSPS) is 12.6. The molecule has 0 aliphatic carbocycles. The number of benzene rings is 2. The maximum atomic E-state index is 14.5. The summed E-state index contributed by atoms with van der Waals surface area (Å²) in [5.41, 5.74) is 2.47. The molecule has 2 heterocycles. The van der Waals surface area contributed by atoms with Crippen LogP contribution in [0.5, 0.6) is 0 Å². The molecule has 34 heavy (non-hydrogen) atoms. The van der Waals surface area contributed by atoms with Crippen molar-refractivity contribution in [3.05, 3.63) is 83.0 Å². The quantitative estimate of drug-likeness (QED) is 0.347. The van der Waals surface area contributed by atoms with Gasteiger partial charge in [0.25, 0.3) is 0 Å². The van der Waals surface area contributed by atoms with Gasteiger partial charge in [0, 0.05) is 28.6 Å². The third-order valence-corrected chi connectivity index (χ3v) is 6.90. The van der Waals surface area contributed by atoms with E-state index in [0.29, 0.717) is 22.5 Å². The maximum absolute atomic E-state index is 14.5. The van der Waals surface area contributed by atoms with Crippen LogP contribution in [0.25, 0.3) is 16.8 Å². The van der Waals surface area contributed by atoms with Crippen LogP contribution in [0.15, 0.2) is 65.8 Å². The molecule has 4 aromatic rings. The van der Waals surface area contributed by atoms with Crippen LogP contribution in [0, 0.1) is 5.82 Å². The summed E-state index contributed by atoms with van der Waals surface area (Å²) in [7, 11) is -3.33. The summed E-state index contributed by atoms with van der Waals surface area (Å²) in [6.45, 7) is 1.85. The van der Waals surface area contributed by atoms with Crippen LogP contribution >= 0.6 is 11.6 Å². The van der Waals surface area contributed by atoms with E-state index in [0.717, 1.165) is 6.26 Å². The second-order valence-electron chi connectivity index (χ2n) is 7.67. The van der Waals surface area contributed by atoms with Gasteiger partial charge in [0.1, 0.15) is 11.7 Å². The maximum Gasteiger partial charge on any atom is 0.315 e. The number of hydrogen-bond donors (Lipinski definition) is 0. The van der Waals surface area contributed by atoms with E-state index in [2.05, 4.69) is 10.1 Å². The molecule has 0 saturated heterocycles. The van der Waals surface area contributed by atoms with Gasteiger partial charge >= 0.3 is 5.97 Å². The second-order valence-corrected chi connectivity index (χ2v) is 10.1. The molecular formula is C24H21ClFN3O4S. The molecule has 0 aliphatic rings. The van der Waals surface area contributed by atoms with E-state index in [1.807, 2.05) is 0 Å². The Kier molecular flexibility index (Phi) is 6.67. The van der Waals surface area contributed by atoms with E-state index in [9.17, 15) is 17.6 Å². The van der Waals surface area contributed by atoms with Gasteiger partial charge in [-0.1, -0.05) is 29.8 Å². The summed E-state index contributed by atoms with van der Waals surface area (Å²) in [6, 6.07) is 12.4. The molecular weight excluding hydrogens is 481 g/mol. The Labute approximate surface area is 201 Å². The number of carbonyl (C=O) groups excluding carboxylic acids is 1. The average Bonchev–Trinajstić information content (AvgIpc) is 3.23. The molecule has 176 valence electrons. The zero-order chi connectivity index (χ0) is 24.5. The van der Waals surface area contributed by atoms with E-state index in [4.69, 9.17) is 16.3 Å². The summed E-state index contributed by atoms with van der Waals surface area (Å²) < 4.78 is 44.8. The van der Waals surface area contributed by atoms with E-state index in [-0.39, 0.29) is 28.5 Å². The minimum absolute atomic E-state index is 0.0261. The number of hydrogen-bond acceptors (Lipinski definition) is 6. The topological polar surface area (TPSA) is 90.6 Å². The van der Waals surface area contributed by atoms with Crippen molar-refractivity contribution in [2.24, 2.45) is 0 Å². The van der Waals surface area contributed by atoms with Crippen molar-refractivity contribution in [2.75, 3.05) is 12.9 Å². The Morgan fingerprint density at radius 1 is 1.18 bits per heavy atom. The second kappa shape index (κ2) is 9.52. The van der Waals surface area contributed by atoms with Crippen LogP contribution < -0.4 is 0 Å². The van der Waals surface area contributed by atoms with Crippen LogP contribution in [0.3, 0.4) is 0 Å². The van der Waals surface area contributed by atoms with Gasteiger partial charge in [0.05, 0.1) is 23.4 Å². The lowest BCUT2D eigenvalue weighted by Gasteiger charge is -2.18. The Bertz CT molecular complexity index is 1450. The first-order chi connectivity index (χ1) is 16.2. The number of esters is 1. The van der Waals surface area contributed by atoms with E-state index < -0.39 is 27.5 Å². The number of aromatic nitrogens is 3. The third kappa shape index (κ3) is 4.67.